The van der Waals surface area contributed by atoms with E-state index in [9.17, 15) is 9.59 Å². The molecule has 0 fully saturated rings. The van der Waals surface area contributed by atoms with E-state index in [0.717, 1.165) is 22.3 Å². The largest absolute Gasteiger partial charge is 0.333 e. The van der Waals surface area contributed by atoms with Crippen molar-refractivity contribution in [2.75, 3.05) is 5.32 Å². The summed E-state index contributed by atoms with van der Waals surface area (Å²) in [4.78, 5) is 29.3. The normalized spacial score (nSPS) is 16.0. The number of ketones is 1. The molecule has 1 amide bonds. The van der Waals surface area contributed by atoms with Gasteiger partial charge in [-0.1, -0.05) is 24.3 Å². The summed E-state index contributed by atoms with van der Waals surface area (Å²) in [6.07, 6.45) is 4.56. The van der Waals surface area contributed by atoms with Crippen molar-refractivity contribution in [3.05, 3.63) is 84.4 Å². The number of nitrogens with zero attached hydrogens (tertiary/aromatic N) is 3. The molecule has 2 aromatic carbocycles. The lowest BCUT2D eigenvalue weighted by molar-refractivity contribution is -0.119. The number of benzene rings is 2. The molecule has 6 nitrogen and oxygen atoms in total. The fourth-order valence-corrected chi connectivity index (χ4v) is 4.00. The van der Waals surface area contributed by atoms with Crippen LogP contribution in [0.2, 0.25) is 0 Å². The van der Waals surface area contributed by atoms with Crippen LogP contribution in [0.5, 0.6) is 0 Å². The Hall–Kier alpha value is -3.67. The number of carbonyl (C=O) groups is 2. The highest BCUT2D eigenvalue weighted by molar-refractivity contribution is 6.00. The number of rotatable bonds is 4. The molecule has 1 aliphatic rings. The van der Waals surface area contributed by atoms with Crippen LogP contribution in [-0.4, -0.2) is 25.8 Å². The minimum atomic E-state index is -0.362. The summed E-state index contributed by atoms with van der Waals surface area (Å²) in [7, 11) is 0. The number of aromatic nitrogens is 3. The van der Waals surface area contributed by atoms with E-state index < -0.39 is 0 Å². The second-order valence-electron chi connectivity index (χ2n) is 7.33. The topological polar surface area (TPSA) is 68.9 Å². The Bertz CT molecular complexity index is 1220. The van der Waals surface area contributed by atoms with Gasteiger partial charge in [0.25, 0.3) is 0 Å². The molecule has 0 bridgehead atoms. The lowest BCUT2D eigenvalue weighted by Crippen LogP contribution is -2.31. The van der Waals surface area contributed by atoms with Gasteiger partial charge in [-0.25, -0.2) is 4.98 Å². The van der Waals surface area contributed by atoms with Crippen molar-refractivity contribution in [1.29, 1.82) is 0 Å². The van der Waals surface area contributed by atoms with Crippen molar-refractivity contribution < 1.29 is 9.59 Å². The van der Waals surface area contributed by atoms with E-state index in [2.05, 4.69) is 14.9 Å². The number of hydrogen-bond donors (Lipinski definition) is 1. The average Bonchev–Trinajstić information content (AvgIpc) is 3.37. The molecule has 6 heteroatoms. The van der Waals surface area contributed by atoms with Crippen LogP contribution in [0.25, 0.3) is 11.0 Å². The molecule has 0 unspecified atom stereocenters. The Morgan fingerprint density at radius 1 is 1.10 bits per heavy atom. The minimum Gasteiger partial charge on any atom is -0.333 e. The first-order chi connectivity index (χ1) is 14.2. The number of amides is 1. The molecule has 3 heterocycles. The van der Waals surface area contributed by atoms with E-state index in [-0.39, 0.29) is 17.7 Å². The number of anilines is 1. The number of fused-ring (bicyclic) bond motifs is 2. The van der Waals surface area contributed by atoms with Gasteiger partial charge in [-0.15, -0.1) is 0 Å². The summed E-state index contributed by atoms with van der Waals surface area (Å²) in [5.41, 5.74) is 4.48. The van der Waals surface area contributed by atoms with Gasteiger partial charge in [0.2, 0.25) is 5.91 Å². The van der Waals surface area contributed by atoms with Gasteiger partial charge in [0, 0.05) is 24.8 Å². The zero-order chi connectivity index (χ0) is 19.8. The van der Waals surface area contributed by atoms with Gasteiger partial charge < -0.3 is 14.5 Å². The number of Topliss-reactive ketones (excluding diaryl/α,β-unsaturated/α-hetero) is 1. The smallest absolute Gasteiger partial charge is 0.247 e. The van der Waals surface area contributed by atoms with Crippen molar-refractivity contribution in [1.82, 2.24) is 14.1 Å². The summed E-state index contributed by atoms with van der Waals surface area (Å²) in [5.74, 6) is -0.00575. The third kappa shape index (κ3) is 3.23. The fraction of sp³-hybridized carbons (Fsp3) is 0.174. The Morgan fingerprint density at radius 3 is 2.93 bits per heavy atom. The van der Waals surface area contributed by atoms with Crippen molar-refractivity contribution in [3.8, 4) is 0 Å². The van der Waals surface area contributed by atoms with Crippen LogP contribution in [0.4, 0.5) is 5.69 Å². The monoisotopic (exact) mass is 384 g/mol. The Labute approximate surface area is 167 Å². The maximum Gasteiger partial charge on any atom is 0.247 e. The lowest BCUT2D eigenvalue weighted by Gasteiger charge is -2.24. The molecule has 0 saturated carbocycles. The van der Waals surface area contributed by atoms with Crippen LogP contribution < -0.4 is 5.32 Å². The molecule has 0 saturated heterocycles. The number of hydrogen-bond acceptors (Lipinski definition) is 3. The highest BCUT2D eigenvalue weighted by Gasteiger charge is 2.29. The minimum absolute atomic E-state index is 0.0913. The first kappa shape index (κ1) is 17.4. The summed E-state index contributed by atoms with van der Waals surface area (Å²) < 4.78 is 3.87. The molecule has 1 N–H and O–H groups in total. The van der Waals surface area contributed by atoms with Gasteiger partial charge in [-0.05, 0) is 48.4 Å². The predicted octanol–water partition coefficient (Wildman–Crippen LogP) is 4.04. The van der Waals surface area contributed by atoms with Crippen LogP contribution in [-0.2, 0) is 11.3 Å². The number of para-hydroxylation sites is 2. The highest BCUT2D eigenvalue weighted by atomic mass is 16.2. The molecule has 29 heavy (non-hydrogen) atoms. The van der Waals surface area contributed by atoms with Gasteiger partial charge in [0.15, 0.2) is 5.78 Å². The fourth-order valence-electron chi connectivity index (χ4n) is 4.00. The summed E-state index contributed by atoms with van der Waals surface area (Å²) >= 11 is 0. The molecule has 5 rings (SSSR count). The molecular formula is C23H20N4O2. The molecular weight excluding hydrogens is 364 g/mol. The van der Waals surface area contributed by atoms with Crippen molar-refractivity contribution in [2.24, 2.45) is 0 Å². The van der Waals surface area contributed by atoms with Crippen LogP contribution in [0.3, 0.4) is 0 Å². The van der Waals surface area contributed by atoms with Crippen LogP contribution in [0, 0.1) is 0 Å². The maximum atomic E-state index is 12.9. The molecule has 0 spiro atoms. The Kier molecular flexibility index (Phi) is 4.24. The van der Waals surface area contributed by atoms with E-state index in [1.165, 1.54) is 0 Å². The lowest BCUT2D eigenvalue weighted by atomic mass is 10.0. The third-order valence-electron chi connectivity index (χ3n) is 5.42. The number of imidazole rings is 1. The third-order valence-corrected chi connectivity index (χ3v) is 5.42. The van der Waals surface area contributed by atoms with Crippen molar-refractivity contribution >= 4 is 28.4 Å². The van der Waals surface area contributed by atoms with Gasteiger partial charge in [-0.2, -0.15) is 0 Å². The SMILES string of the molecule is O=C1CC[C@H](C(=O)Nc2cccc(Cn3cnc4ccccc43)c2)n2cccc21. The van der Waals surface area contributed by atoms with Crippen LogP contribution in [0.15, 0.2) is 73.2 Å². The number of nitrogens with one attached hydrogen (secondary N) is 1. The predicted molar refractivity (Wildman–Crippen MR) is 111 cm³/mol. The van der Waals surface area contributed by atoms with E-state index in [1.807, 2.05) is 60.9 Å². The zero-order valence-electron chi connectivity index (χ0n) is 15.8. The standard InChI is InChI=1S/C23H20N4O2/c28-22-11-10-21(27-12-4-9-20(22)27)23(29)25-17-6-3-5-16(13-17)14-26-15-24-18-7-1-2-8-19(18)26/h1-9,12-13,15,21H,10-11,14H2,(H,25,29)/t21-/m1/s1. The van der Waals surface area contributed by atoms with Gasteiger partial charge >= 0.3 is 0 Å². The van der Waals surface area contributed by atoms with Gasteiger partial charge in [0.1, 0.15) is 6.04 Å². The quantitative estimate of drug-likeness (QED) is 0.577. The summed E-state index contributed by atoms with van der Waals surface area (Å²) in [6.45, 7) is 0.671. The molecule has 2 aromatic heterocycles. The zero-order valence-corrected chi connectivity index (χ0v) is 15.8. The summed E-state index contributed by atoms with van der Waals surface area (Å²) in [6, 6.07) is 19.1. The molecule has 1 aliphatic heterocycles. The first-order valence-corrected chi connectivity index (χ1v) is 9.69. The molecule has 0 aliphatic carbocycles. The Balaban J connectivity index is 1.35. The van der Waals surface area contributed by atoms with Gasteiger partial charge in [-0.3, -0.25) is 9.59 Å². The van der Waals surface area contributed by atoms with E-state index in [4.69, 9.17) is 0 Å². The molecule has 4 aromatic rings. The Morgan fingerprint density at radius 2 is 2.00 bits per heavy atom. The van der Waals surface area contributed by atoms with Crippen LogP contribution in [0.1, 0.15) is 34.9 Å². The second-order valence-corrected chi connectivity index (χ2v) is 7.33. The van der Waals surface area contributed by atoms with Crippen LogP contribution >= 0.6 is 0 Å². The first-order valence-electron chi connectivity index (χ1n) is 9.69. The maximum absolute atomic E-state index is 12.9. The number of carbonyl (C=O) groups excluding carboxylic acids is 2. The average molecular weight is 384 g/mol. The molecule has 1 atom stereocenters. The highest BCUT2D eigenvalue weighted by Crippen LogP contribution is 2.27. The van der Waals surface area contributed by atoms with E-state index in [1.54, 1.807) is 16.8 Å². The summed E-state index contributed by atoms with van der Waals surface area (Å²) in [5, 5.41) is 3.02. The van der Waals surface area contributed by atoms with E-state index in [0.29, 0.717) is 25.1 Å². The van der Waals surface area contributed by atoms with Crippen molar-refractivity contribution in [3.63, 3.8) is 0 Å². The second kappa shape index (κ2) is 7.05. The molecule has 0 radical (unpaired) electrons. The van der Waals surface area contributed by atoms with Crippen molar-refractivity contribution in [2.45, 2.75) is 25.4 Å². The van der Waals surface area contributed by atoms with Gasteiger partial charge in [0.05, 0.1) is 23.1 Å². The van der Waals surface area contributed by atoms with E-state index >= 15 is 0 Å². The molecule has 144 valence electrons.